The van der Waals surface area contributed by atoms with E-state index >= 15 is 0 Å². The Kier molecular flexibility index (Phi) is 4.24. The van der Waals surface area contributed by atoms with Crippen molar-refractivity contribution in [2.24, 2.45) is 17.8 Å². The number of fused-ring (bicyclic) bond motifs is 4. The maximum Gasteiger partial charge on any atom is 0.339 e. The number of halogens is 1. The van der Waals surface area contributed by atoms with Crippen LogP contribution in [0, 0.1) is 17.8 Å². The number of rotatable bonds is 3. The lowest BCUT2D eigenvalue weighted by molar-refractivity contribution is -0.170. The molecule has 0 unspecified atom stereocenters. The first-order chi connectivity index (χ1) is 12.6. The number of hydrogen-bond acceptors (Lipinski definition) is 7. The monoisotopic (exact) mass is 398 g/mol. The molecule has 4 rings (SSSR count). The van der Waals surface area contributed by atoms with Crippen molar-refractivity contribution in [1.29, 1.82) is 0 Å². The molecule has 8 atom stereocenters. The van der Waals surface area contributed by atoms with Crippen molar-refractivity contribution in [3.8, 4) is 0 Å². The Labute approximate surface area is 161 Å². The molecule has 4 aliphatic rings. The average Bonchev–Trinajstić information content (AvgIpc) is 3.29. The van der Waals surface area contributed by atoms with Crippen LogP contribution in [0.15, 0.2) is 24.3 Å². The van der Waals surface area contributed by atoms with Crippen LogP contribution >= 0.6 is 11.6 Å². The third-order valence-electron chi connectivity index (χ3n) is 6.48. The zero-order chi connectivity index (χ0) is 19.7. The Morgan fingerprint density at radius 1 is 1.48 bits per heavy atom. The number of carbonyl (C=O) groups is 2. The normalized spacial score (nSPS) is 45.0. The highest BCUT2D eigenvalue weighted by Crippen LogP contribution is 2.60. The molecule has 2 N–H and O–H groups in total. The second-order valence-corrected chi connectivity index (χ2v) is 8.53. The topological polar surface area (TPSA) is 106 Å². The second kappa shape index (κ2) is 6.04. The molecule has 2 heterocycles. The van der Waals surface area contributed by atoms with E-state index in [0.29, 0.717) is 13.0 Å². The highest BCUT2D eigenvalue weighted by atomic mass is 35.5. The van der Waals surface area contributed by atoms with Gasteiger partial charge in [0.25, 0.3) is 0 Å². The summed E-state index contributed by atoms with van der Waals surface area (Å²) in [4.78, 5) is 24.7. The van der Waals surface area contributed by atoms with Gasteiger partial charge in [-0.3, -0.25) is 0 Å². The van der Waals surface area contributed by atoms with E-state index in [4.69, 9.17) is 25.8 Å². The van der Waals surface area contributed by atoms with Gasteiger partial charge in [0.15, 0.2) is 5.60 Å². The Bertz CT molecular complexity index is 726. The molecule has 2 aliphatic carbocycles. The molecule has 0 bridgehead atoms. The lowest BCUT2D eigenvalue weighted by Crippen LogP contribution is -2.45. The minimum absolute atomic E-state index is 0.120. The predicted molar refractivity (Wildman–Crippen MR) is 93.8 cm³/mol. The molecule has 0 amide bonds. The number of alkyl halides is 1. The van der Waals surface area contributed by atoms with Crippen molar-refractivity contribution in [1.82, 2.24) is 0 Å². The summed E-state index contributed by atoms with van der Waals surface area (Å²) in [7, 11) is 0. The molecule has 4 fully saturated rings. The van der Waals surface area contributed by atoms with Crippen molar-refractivity contribution in [3.63, 3.8) is 0 Å². The van der Waals surface area contributed by atoms with Crippen LogP contribution in [0.25, 0.3) is 0 Å². The Hall–Kier alpha value is -1.41. The molecule has 0 aromatic carbocycles. The summed E-state index contributed by atoms with van der Waals surface area (Å²) < 4.78 is 16.8. The summed E-state index contributed by atoms with van der Waals surface area (Å²) in [5.74, 6) is -2.72. The van der Waals surface area contributed by atoms with Crippen LogP contribution in [0.2, 0.25) is 0 Å². The van der Waals surface area contributed by atoms with Crippen molar-refractivity contribution >= 4 is 23.5 Å². The predicted octanol–water partition coefficient (Wildman–Crippen LogP) is 0.712. The van der Waals surface area contributed by atoms with Crippen LogP contribution in [0.3, 0.4) is 0 Å². The molecule has 1 spiro atoms. The van der Waals surface area contributed by atoms with Gasteiger partial charge < -0.3 is 24.4 Å². The largest absolute Gasteiger partial charge is 0.459 e. The standard InChI is InChI=1S/C19H23ClO7/c1-8-4-11(26-17(23)18(3,24)6-20)13-9(2)16(22)27-15(13)14-10(8)5-12(21)19(14)7-25-19/h10-15,21,24H,1-2,4-7H2,3H3/t10-,11-,12-,13+,14-,15-,18+,19+/m0/s1. The SMILES string of the molecule is C=C1C(=O)O[C@H]2[C@H]1[C@@H](OC(=O)[C@](C)(O)CCl)CC(=C)[C@@H]1C[C@H](O)[C@]3(CO3)[C@H]21. The van der Waals surface area contributed by atoms with Crippen LogP contribution in [0.4, 0.5) is 0 Å². The summed E-state index contributed by atoms with van der Waals surface area (Å²) in [5.41, 5.74) is -1.58. The quantitative estimate of drug-likeness (QED) is 0.237. The van der Waals surface area contributed by atoms with E-state index in [9.17, 15) is 19.8 Å². The van der Waals surface area contributed by atoms with Crippen LogP contribution in [-0.2, 0) is 23.8 Å². The average molecular weight is 399 g/mol. The number of aliphatic hydroxyl groups excluding tert-OH is 1. The van der Waals surface area contributed by atoms with Gasteiger partial charge in [0.1, 0.15) is 17.8 Å². The highest BCUT2D eigenvalue weighted by Gasteiger charge is 2.71. The van der Waals surface area contributed by atoms with Crippen molar-refractivity contribution in [2.45, 2.75) is 49.3 Å². The third-order valence-corrected chi connectivity index (χ3v) is 7.00. The first kappa shape index (κ1) is 18.9. The Balaban J connectivity index is 1.69. The Morgan fingerprint density at radius 3 is 2.74 bits per heavy atom. The van der Waals surface area contributed by atoms with Crippen LogP contribution in [0.1, 0.15) is 19.8 Å². The van der Waals surface area contributed by atoms with E-state index in [1.54, 1.807) is 0 Å². The zero-order valence-electron chi connectivity index (χ0n) is 15.0. The van der Waals surface area contributed by atoms with Gasteiger partial charge in [-0.1, -0.05) is 18.7 Å². The van der Waals surface area contributed by atoms with E-state index in [-0.39, 0.29) is 29.7 Å². The summed E-state index contributed by atoms with van der Waals surface area (Å²) in [6.07, 6.45) is -1.31. The number of carbonyl (C=O) groups excluding carboxylic acids is 2. The van der Waals surface area contributed by atoms with Gasteiger partial charge in [-0.05, 0) is 19.3 Å². The summed E-state index contributed by atoms with van der Waals surface area (Å²) in [6.45, 7) is 9.64. The maximum absolute atomic E-state index is 12.4. The smallest absolute Gasteiger partial charge is 0.339 e. The summed E-state index contributed by atoms with van der Waals surface area (Å²) in [5, 5.41) is 20.6. The molecule has 0 radical (unpaired) electrons. The van der Waals surface area contributed by atoms with E-state index in [0.717, 1.165) is 5.57 Å². The van der Waals surface area contributed by atoms with Crippen LogP contribution in [0.5, 0.6) is 0 Å². The fraction of sp³-hybridized carbons (Fsp3) is 0.684. The second-order valence-electron chi connectivity index (χ2n) is 8.26. The highest BCUT2D eigenvalue weighted by molar-refractivity contribution is 6.20. The molecule has 2 saturated heterocycles. The molecular formula is C19H23ClO7. The van der Waals surface area contributed by atoms with Crippen molar-refractivity contribution in [2.75, 3.05) is 12.5 Å². The van der Waals surface area contributed by atoms with Gasteiger partial charge in [0.05, 0.1) is 24.5 Å². The van der Waals surface area contributed by atoms with Gasteiger partial charge in [-0.25, -0.2) is 9.59 Å². The fourth-order valence-corrected chi connectivity index (χ4v) is 4.96. The van der Waals surface area contributed by atoms with Crippen LogP contribution < -0.4 is 0 Å². The zero-order valence-corrected chi connectivity index (χ0v) is 15.8. The van der Waals surface area contributed by atoms with E-state index < -0.39 is 47.4 Å². The number of ether oxygens (including phenoxy) is 3. The third kappa shape index (κ3) is 2.67. The molecule has 8 heteroatoms. The van der Waals surface area contributed by atoms with Gasteiger partial charge in [-0.2, -0.15) is 0 Å². The fourth-order valence-electron chi connectivity index (χ4n) is 4.86. The number of esters is 2. The molecule has 148 valence electrons. The number of epoxide rings is 1. The molecule has 2 saturated carbocycles. The minimum Gasteiger partial charge on any atom is -0.459 e. The van der Waals surface area contributed by atoms with E-state index in [1.165, 1.54) is 6.92 Å². The lowest BCUT2D eigenvalue weighted by atomic mass is 9.78. The Morgan fingerprint density at radius 2 is 2.15 bits per heavy atom. The molecular weight excluding hydrogens is 376 g/mol. The summed E-state index contributed by atoms with van der Waals surface area (Å²) in [6, 6.07) is 0. The number of hydrogen-bond donors (Lipinski definition) is 2. The van der Waals surface area contributed by atoms with Crippen molar-refractivity contribution < 1.29 is 34.0 Å². The van der Waals surface area contributed by atoms with Gasteiger partial charge in [-0.15, -0.1) is 11.6 Å². The van der Waals surface area contributed by atoms with Gasteiger partial charge in [0.2, 0.25) is 0 Å². The van der Waals surface area contributed by atoms with Crippen LogP contribution in [-0.4, -0.2) is 64.2 Å². The molecule has 2 aliphatic heterocycles. The van der Waals surface area contributed by atoms with E-state index in [2.05, 4.69) is 13.2 Å². The maximum atomic E-state index is 12.4. The van der Waals surface area contributed by atoms with Gasteiger partial charge >= 0.3 is 11.9 Å². The molecule has 0 aromatic heterocycles. The first-order valence-corrected chi connectivity index (χ1v) is 9.54. The number of aliphatic hydroxyl groups is 2. The lowest BCUT2D eigenvalue weighted by Gasteiger charge is -2.31. The molecule has 27 heavy (non-hydrogen) atoms. The van der Waals surface area contributed by atoms with Crippen molar-refractivity contribution in [3.05, 3.63) is 24.3 Å². The summed E-state index contributed by atoms with van der Waals surface area (Å²) >= 11 is 5.66. The molecule has 0 aromatic rings. The first-order valence-electron chi connectivity index (χ1n) is 9.01. The minimum atomic E-state index is -1.84. The van der Waals surface area contributed by atoms with Gasteiger partial charge in [0, 0.05) is 17.9 Å². The van der Waals surface area contributed by atoms with E-state index in [1.807, 2.05) is 0 Å². The molecule has 7 nitrogen and oxygen atoms in total.